The van der Waals surface area contributed by atoms with E-state index in [1.165, 1.54) is 0 Å². The van der Waals surface area contributed by atoms with Gasteiger partial charge in [-0.25, -0.2) is 0 Å². The van der Waals surface area contributed by atoms with Gasteiger partial charge in [-0.3, -0.25) is 9.59 Å². The number of para-hydroxylation sites is 2. The van der Waals surface area contributed by atoms with E-state index in [1.807, 2.05) is 36.9 Å². The number of carbonyl (C=O) groups is 2. The lowest BCUT2D eigenvalue weighted by atomic mass is 10.1. The van der Waals surface area contributed by atoms with Crippen molar-refractivity contribution in [1.82, 2.24) is 4.90 Å². The van der Waals surface area contributed by atoms with Gasteiger partial charge in [0.2, 0.25) is 5.91 Å². The molecular formula is C15H21N3O3. The Labute approximate surface area is 124 Å². The average molecular weight is 291 g/mol. The molecule has 2 rings (SSSR count). The van der Waals surface area contributed by atoms with E-state index >= 15 is 0 Å². The smallest absolute Gasteiger partial charge is 0.260 e. The Morgan fingerprint density at radius 3 is 2.71 bits per heavy atom. The first kappa shape index (κ1) is 15.2. The predicted octanol–water partition coefficient (Wildman–Crippen LogP) is 0.606. The van der Waals surface area contributed by atoms with Crippen LogP contribution in [0.5, 0.6) is 5.75 Å². The number of ether oxygens (including phenoxy) is 1. The zero-order valence-electron chi connectivity index (χ0n) is 12.6. The van der Waals surface area contributed by atoms with Gasteiger partial charge in [-0.05, 0) is 26.0 Å². The Morgan fingerprint density at radius 1 is 1.43 bits per heavy atom. The highest BCUT2D eigenvalue weighted by Crippen LogP contribution is 2.32. The fourth-order valence-corrected chi connectivity index (χ4v) is 2.17. The number of likely N-dealkylation sites (N-methyl/N-ethyl adjacent to an activating group) is 1. The third kappa shape index (κ3) is 3.26. The molecule has 0 fully saturated rings. The summed E-state index contributed by atoms with van der Waals surface area (Å²) in [6.07, 6.45) is -0.739. The maximum absolute atomic E-state index is 12.3. The van der Waals surface area contributed by atoms with Gasteiger partial charge in [0, 0.05) is 13.1 Å². The van der Waals surface area contributed by atoms with Crippen LogP contribution in [-0.2, 0) is 9.59 Å². The number of benzene rings is 1. The Hall–Kier alpha value is -2.24. The lowest BCUT2D eigenvalue weighted by molar-refractivity contribution is -0.130. The number of rotatable bonds is 4. The first-order valence-electron chi connectivity index (χ1n) is 6.95. The zero-order valence-corrected chi connectivity index (χ0v) is 12.6. The van der Waals surface area contributed by atoms with Gasteiger partial charge in [0.05, 0.1) is 18.8 Å². The SMILES string of the molecule is CC(C)N(C)C(=O)CN1CC(C(N)=O)Oc2ccccc21. The van der Waals surface area contributed by atoms with Crippen LogP contribution in [0, 0.1) is 0 Å². The van der Waals surface area contributed by atoms with Crippen molar-refractivity contribution in [3.8, 4) is 5.75 Å². The van der Waals surface area contributed by atoms with Gasteiger partial charge < -0.3 is 20.3 Å². The second-order valence-electron chi connectivity index (χ2n) is 5.46. The second-order valence-corrected chi connectivity index (χ2v) is 5.46. The number of hydrogen-bond acceptors (Lipinski definition) is 4. The van der Waals surface area contributed by atoms with Crippen LogP contribution < -0.4 is 15.4 Å². The summed E-state index contributed by atoms with van der Waals surface area (Å²) in [7, 11) is 1.77. The molecule has 0 saturated carbocycles. The highest BCUT2D eigenvalue weighted by atomic mass is 16.5. The van der Waals surface area contributed by atoms with E-state index in [-0.39, 0.29) is 25.0 Å². The molecule has 0 spiro atoms. The van der Waals surface area contributed by atoms with Gasteiger partial charge >= 0.3 is 0 Å². The summed E-state index contributed by atoms with van der Waals surface area (Å²) in [4.78, 5) is 27.2. The fourth-order valence-electron chi connectivity index (χ4n) is 2.17. The lowest BCUT2D eigenvalue weighted by Crippen LogP contribution is -2.50. The Kier molecular flexibility index (Phi) is 4.35. The summed E-state index contributed by atoms with van der Waals surface area (Å²) < 4.78 is 5.57. The Morgan fingerprint density at radius 2 is 2.10 bits per heavy atom. The van der Waals surface area contributed by atoms with E-state index < -0.39 is 12.0 Å². The van der Waals surface area contributed by atoms with E-state index in [4.69, 9.17) is 10.5 Å². The molecule has 1 atom stereocenters. The number of nitrogens with two attached hydrogens (primary N) is 1. The van der Waals surface area contributed by atoms with Crippen molar-refractivity contribution in [3.63, 3.8) is 0 Å². The highest BCUT2D eigenvalue weighted by Gasteiger charge is 2.30. The van der Waals surface area contributed by atoms with Crippen LogP contribution in [0.15, 0.2) is 24.3 Å². The average Bonchev–Trinajstić information content (AvgIpc) is 2.45. The lowest BCUT2D eigenvalue weighted by Gasteiger charge is -2.35. The van der Waals surface area contributed by atoms with Crippen molar-refractivity contribution in [2.24, 2.45) is 5.73 Å². The molecule has 0 saturated heterocycles. The monoisotopic (exact) mass is 291 g/mol. The van der Waals surface area contributed by atoms with Gasteiger partial charge in [0.15, 0.2) is 6.10 Å². The maximum atomic E-state index is 12.3. The van der Waals surface area contributed by atoms with Crippen molar-refractivity contribution in [2.75, 3.05) is 25.0 Å². The molecule has 0 aliphatic carbocycles. The van der Waals surface area contributed by atoms with Crippen LogP contribution in [0.1, 0.15) is 13.8 Å². The minimum absolute atomic E-state index is 0.00933. The topological polar surface area (TPSA) is 75.9 Å². The van der Waals surface area contributed by atoms with E-state index in [2.05, 4.69) is 0 Å². The summed E-state index contributed by atoms with van der Waals surface area (Å²) in [5, 5.41) is 0. The third-order valence-electron chi connectivity index (χ3n) is 3.67. The van der Waals surface area contributed by atoms with Crippen LogP contribution in [0.3, 0.4) is 0 Å². The van der Waals surface area contributed by atoms with Crippen molar-refractivity contribution < 1.29 is 14.3 Å². The van der Waals surface area contributed by atoms with E-state index in [0.717, 1.165) is 5.69 Å². The summed E-state index contributed by atoms with van der Waals surface area (Å²) in [6, 6.07) is 7.46. The van der Waals surface area contributed by atoms with Gasteiger partial charge in [-0.1, -0.05) is 12.1 Å². The number of primary amides is 1. The molecule has 1 aromatic rings. The minimum Gasteiger partial charge on any atom is -0.477 e. The first-order chi connectivity index (χ1) is 9.90. The zero-order chi connectivity index (χ0) is 15.6. The number of nitrogens with zero attached hydrogens (tertiary/aromatic N) is 2. The second kappa shape index (κ2) is 6.03. The third-order valence-corrected chi connectivity index (χ3v) is 3.67. The van der Waals surface area contributed by atoms with Crippen LogP contribution in [0.4, 0.5) is 5.69 Å². The summed E-state index contributed by atoms with van der Waals surface area (Å²) in [6.45, 7) is 4.39. The summed E-state index contributed by atoms with van der Waals surface area (Å²) in [5.74, 6) is 0.0386. The predicted molar refractivity (Wildman–Crippen MR) is 80.2 cm³/mol. The fraction of sp³-hybridized carbons (Fsp3) is 0.467. The number of hydrogen-bond donors (Lipinski definition) is 1. The molecule has 114 valence electrons. The molecule has 0 aromatic heterocycles. The molecule has 2 amide bonds. The first-order valence-corrected chi connectivity index (χ1v) is 6.95. The van der Waals surface area contributed by atoms with Gasteiger partial charge in [-0.15, -0.1) is 0 Å². The molecule has 21 heavy (non-hydrogen) atoms. The summed E-state index contributed by atoms with van der Waals surface area (Å²) in [5.41, 5.74) is 6.15. The molecule has 1 aliphatic heterocycles. The van der Waals surface area contributed by atoms with E-state index in [0.29, 0.717) is 5.75 Å². The molecular weight excluding hydrogens is 270 g/mol. The molecule has 0 bridgehead atoms. The standard InChI is InChI=1S/C15H21N3O3/c1-10(2)17(3)14(19)9-18-8-13(15(16)20)21-12-7-5-4-6-11(12)18/h4-7,10,13H,8-9H2,1-3H3,(H2,16,20). The van der Waals surface area contributed by atoms with Crippen LogP contribution >= 0.6 is 0 Å². The quantitative estimate of drug-likeness (QED) is 0.881. The molecule has 1 aliphatic rings. The molecule has 2 N–H and O–H groups in total. The van der Waals surface area contributed by atoms with E-state index in [9.17, 15) is 9.59 Å². The Balaban J connectivity index is 2.21. The van der Waals surface area contributed by atoms with Crippen molar-refractivity contribution in [1.29, 1.82) is 0 Å². The number of amides is 2. The molecule has 1 unspecified atom stereocenters. The summed E-state index contributed by atoms with van der Waals surface area (Å²) >= 11 is 0. The van der Waals surface area contributed by atoms with Crippen molar-refractivity contribution in [3.05, 3.63) is 24.3 Å². The molecule has 6 heteroatoms. The Bertz CT molecular complexity index is 545. The van der Waals surface area contributed by atoms with Gasteiger partial charge in [0.1, 0.15) is 5.75 Å². The molecule has 1 heterocycles. The van der Waals surface area contributed by atoms with Gasteiger partial charge in [0.25, 0.3) is 5.91 Å². The van der Waals surface area contributed by atoms with Crippen LogP contribution in [0.25, 0.3) is 0 Å². The van der Waals surface area contributed by atoms with E-state index in [1.54, 1.807) is 18.0 Å². The minimum atomic E-state index is -0.739. The highest BCUT2D eigenvalue weighted by molar-refractivity contribution is 5.85. The largest absolute Gasteiger partial charge is 0.477 e. The maximum Gasteiger partial charge on any atom is 0.260 e. The van der Waals surface area contributed by atoms with Gasteiger partial charge in [-0.2, -0.15) is 0 Å². The molecule has 0 radical (unpaired) electrons. The normalized spacial score (nSPS) is 17.1. The number of anilines is 1. The van der Waals surface area contributed by atoms with Crippen LogP contribution in [0.2, 0.25) is 0 Å². The van der Waals surface area contributed by atoms with Crippen LogP contribution in [-0.4, -0.2) is 49.0 Å². The van der Waals surface area contributed by atoms with Crippen molar-refractivity contribution >= 4 is 17.5 Å². The molecule has 6 nitrogen and oxygen atoms in total. The molecule has 1 aromatic carbocycles. The van der Waals surface area contributed by atoms with Crippen molar-refractivity contribution in [2.45, 2.75) is 26.0 Å². The number of carbonyl (C=O) groups excluding carboxylic acids is 2. The number of fused-ring (bicyclic) bond motifs is 1.